The zero-order valence-electron chi connectivity index (χ0n) is 9.58. The van der Waals surface area contributed by atoms with Gasteiger partial charge < -0.3 is 5.73 Å². The van der Waals surface area contributed by atoms with Crippen molar-refractivity contribution in [2.24, 2.45) is 0 Å². The van der Waals surface area contributed by atoms with Crippen LogP contribution < -0.4 is 11.3 Å². The Morgan fingerprint density at radius 2 is 2.11 bits per heavy atom. The van der Waals surface area contributed by atoms with Crippen molar-refractivity contribution in [2.75, 3.05) is 5.73 Å². The maximum Gasteiger partial charge on any atom is 0.274 e. The Labute approximate surface area is 101 Å². The van der Waals surface area contributed by atoms with Gasteiger partial charge in [-0.2, -0.15) is 9.50 Å². The van der Waals surface area contributed by atoms with Gasteiger partial charge in [0.05, 0.1) is 0 Å². The van der Waals surface area contributed by atoms with Crippen LogP contribution in [0.5, 0.6) is 0 Å². The summed E-state index contributed by atoms with van der Waals surface area (Å²) in [4.78, 5) is 24.2. The summed E-state index contributed by atoms with van der Waals surface area (Å²) in [6.45, 7) is 1.74. The molecule has 0 aliphatic carbocycles. The minimum atomic E-state index is -0.208. The summed E-state index contributed by atoms with van der Waals surface area (Å²) in [6.07, 6.45) is 0. The van der Waals surface area contributed by atoms with Gasteiger partial charge in [-0.3, -0.25) is 9.89 Å². The smallest absolute Gasteiger partial charge is 0.274 e. The predicted molar refractivity (Wildman–Crippen MR) is 66.0 cm³/mol. The van der Waals surface area contributed by atoms with Gasteiger partial charge in [-0.1, -0.05) is 6.07 Å². The third-order valence-corrected chi connectivity index (χ3v) is 2.47. The summed E-state index contributed by atoms with van der Waals surface area (Å²) in [5.41, 5.74) is 6.59. The molecule has 0 unspecified atom stereocenters. The van der Waals surface area contributed by atoms with E-state index < -0.39 is 0 Å². The third-order valence-electron chi connectivity index (χ3n) is 2.47. The van der Waals surface area contributed by atoms with Crippen LogP contribution in [-0.2, 0) is 0 Å². The number of hydrogen-bond donors (Lipinski definition) is 2. The molecule has 3 aromatic heterocycles. The molecule has 0 aromatic carbocycles. The highest BCUT2D eigenvalue weighted by atomic mass is 16.1. The molecule has 7 nitrogen and oxygen atoms in total. The Balaban J connectivity index is 2.26. The van der Waals surface area contributed by atoms with E-state index >= 15 is 0 Å². The second-order valence-electron chi connectivity index (χ2n) is 3.89. The molecule has 0 saturated heterocycles. The normalized spacial score (nSPS) is 10.9. The molecule has 0 amide bonds. The van der Waals surface area contributed by atoms with Crippen LogP contribution in [0, 0.1) is 6.92 Å². The number of nitrogen functional groups attached to an aromatic ring is 1. The average Bonchev–Trinajstić information content (AvgIpc) is 2.73. The van der Waals surface area contributed by atoms with Crippen LogP contribution in [0.3, 0.4) is 0 Å². The van der Waals surface area contributed by atoms with Crippen LogP contribution in [0.1, 0.15) is 5.69 Å². The molecule has 0 fully saturated rings. The van der Waals surface area contributed by atoms with E-state index in [1.807, 2.05) is 0 Å². The van der Waals surface area contributed by atoms with E-state index in [0.29, 0.717) is 28.8 Å². The Hall–Kier alpha value is -2.70. The number of rotatable bonds is 1. The van der Waals surface area contributed by atoms with Crippen LogP contribution in [0.25, 0.3) is 17.3 Å². The van der Waals surface area contributed by atoms with Crippen molar-refractivity contribution in [2.45, 2.75) is 6.92 Å². The molecular formula is C11H10N6O. The van der Waals surface area contributed by atoms with Crippen LogP contribution >= 0.6 is 0 Å². The molecule has 0 bridgehead atoms. The van der Waals surface area contributed by atoms with E-state index in [0.717, 1.165) is 0 Å². The molecule has 3 N–H and O–H groups in total. The van der Waals surface area contributed by atoms with E-state index in [9.17, 15) is 4.79 Å². The topological polar surface area (TPSA) is 102 Å². The molecule has 7 heteroatoms. The number of anilines is 1. The number of nitrogens with zero attached hydrogens (tertiary/aromatic N) is 4. The van der Waals surface area contributed by atoms with E-state index in [2.05, 4.69) is 20.1 Å². The van der Waals surface area contributed by atoms with Gasteiger partial charge in [-0.25, -0.2) is 9.97 Å². The minimum Gasteiger partial charge on any atom is -0.384 e. The van der Waals surface area contributed by atoms with Gasteiger partial charge in [0.1, 0.15) is 11.5 Å². The van der Waals surface area contributed by atoms with E-state index in [1.165, 1.54) is 10.6 Å². The fourth-order valence-corrected chi connectivity index (χ4v) is 1.69. The monoisotopic (exact) mass is 242 g/mol. The lowest BCUT2D eigenvalue weighted by atomic mass is 10.3. The molecule has 0 aliphatic heterocycles. The summed E-state index contributed by atoms with van der Waals surface area (Å²) < 4.78 is 1.27. The highest BCUT2D eigenvalue weighted by molar-refractivity contribution is 5.54. The number of aromatic nitrogens is 5. The molecule has 18 heavy (non-hydrogen) atoms. The van der Waals surface area contributed by atoms with Crippen molar-refractivity contribution < 1.29 is 0 Å². The number of hydrogen-bond acceptors (Lipinski definition) is 5. The number of aryl methyl sites for hydroxylation is 1. The quantitative estimate of drug-likeness (QED) is 0.641. The van der Waals surface area contributed by atoms with Crippen molar-refractivity contribution >= 4 is 11.6 Å². The van der Waals surface area contributed by atoms with Gasteiger partial charge in [0.2, 0.25) is 0 Å². The minimum absolute atomic E-state index is 0.208. The Bertz CT molecular complexity index is 788. The van der Waals surface area contributed by atoms with Gasteiger partial charge in [0, 0.05) is 11.8 Å². The zero-order valence-corrected chi connectivity index (χ0v) is 9.58. The highest BCUT2D eigenvalue weighted by Crippen LogP contribution is 2.13. The molecule has 3 heterocycles. The van der Waals surface area contributed by atoms with Crippen LogP contribution in [-0.4, -0.2) is 24.6 Å². The molecule has 90 valence electrons. The number of nitrogens with one attached hydrogen (secondary N) is 1. The molecular weight excluding hydrogens is 232 g/mol. The van der Waals surface area contributed by atoms with Gasteiger partial charge in [-0.15, -0.1) is 0 Å². The first-order valence-corrected chi connectivity index (χ1v) is 5.33. The van der Waals surface area contributed by atoms with Crippen molar-refractivity contribution in [3.05, 3.63) is 40.3 Å². The van der Waals surface area contributed by atoms with Crippen LogP contribution in [0.2, 0.25) is 0 Å². The number of nitrogens with two attached hydrogens (primary N) is 1. The first-order chi connectivity index (χ1) is 8.63. The molecule has 0 radical (unpaired) electrons. The highest BCUT2D eigenvalue weighted by Gasteiger charge is 2.09. The first kappa shape index (κ1) is 10.5. The lowest BCUT2D eigenvalue weighted by Gasteiger charge is -1.95. The number of pyridine rings is 1. The maximum atomic E-state index is 11.7. The fourth-order valence-electron chi connectivity index (χ4n) is 1.69. The summed E-state index contributed by atoms with van der Waals surface area (Å²) in [6, 6.07) is 6.64. The van der Waals surface area contributed by atoms with E-state index in [-0.39, 0.29) is 5.56 Å². The summed E-state index contributed by atoms with van der Waals surface area (Å²) in [5, 5.41) is 2.85. The Kier molecular flexibility index (Phi) is 2.12. The lowest BCUT2D eigenvalue weighted by Crippen LogP contribution is -2.14. The van der Waals surface area contributed by atoms with Crippen molar-refractivity contribution in [3.63, 3.8) is 0 Å². The van der Waals surface area contributed by atoms with Gasteiger partial charge in [0.25, 0.3) is 11.3 Å². The SMILES string of the molecule is Cc1cc(=O)n2[nH]c(-c3cccc(N)n3)nc2n1. The molecule has 0 atom stereocenters. The predicted octanol–water partition coefficient (Wildman–Crippen LogP) is 0.370. The number of aromatic amines is 1. The second-order valence-corrected chi connectivity index (χ2v) is 3.89. The summed E-state index contributed by atoms with van der Waals surface area (Å²) in [7, 11) is 0. The van der Waals surface area contributed by atoms with E-state index in [4.69, 9.17) is 5.73 Å². The van der Waals surface area contributed by atoms with Crippen molar-refractivity contribution in [3.8, 4) is 11.5 Å². The van der Waals surface area contributed by atoms with Crippen LogP contribution in [0.15, 0.2) is 29.1 Å². The Morgan fingerprint density at radius 3 is 2.89 bits per heavy atom. The standard InChI is InChI=1S/C11H10N6O/c1-6-5-9(18)17-11(13-6)15-10(16-17)7-3-2-4-8(12)14-7/h2-5H,1H3,(H2,12,14)(H,13,15,16). The van der Waals surface area contributed by atoms with Crippen molar-refractivity contribution in [1.29, 1.82) is 0 Å². The Morgan fingerprint density at radius 1 is 1.28 bits per heavy atom. The summed E-state index contributed by atoms with van der Waals surface area (Å²) in [5.74, 6) is 1.17. The first-order valence-electron chi connectivity index (χ1n) is 5.33. The maximum absolute atomic E-state index is 11.7. The molecule has 3 rings (SSSR count). The van der Waals surface area contributed by atoms with Gasteiger partial charge in [0.15, 0.2) is 5.82 Å². The van der Waals surface area contributed by atoms with Crippen molar-refractivity contribution in [1.82, 2.24) is 24.6 Å². The molecule has 0 aliphatic rings. The largest absolute Gasteiger partial charge is 0.384 e. The third kappa shape index (κ3) is 1.61. The molecule has 0 saturated carbocycles. The van der Waals surface area contributed by atoms with Gasteiger partial charge in [-0.05, 0) is 19.1 Å². The lowest BCUT2D eigenvalue weighted by molar-refractivity contribution is 0.890. The average molecular weight is 242 g/mol. The van der Waals surface area contributed by atoms with Crippen LogP contribution in [0.4, 0.5) is 5.82 Å². The van der Waals surface area contributed by atoms with E-state index in [1.54, 1.807) is 25.1 Å². The van der Waals surface area contributed by atoms with Gasteiger partial charge >= 0.3 is 0 Å². The number of H-pyrrole nitrogens is 1. The second kappa shape index (κ2) is 3.66. The summed E-state index contributed by atoms with van der Waals surface area (Å²) >= 11 is 0. The molecule has 3 aromatic rings. The number of fused-ring (bicyclic) bond motifs is 1. The fraction of sp³-hybridized carbons (Fsp3) is 0.0909. The molecule has 0 spiro atoms. The zero-order chi connectivity index (χ0) is 12.7.